The van der Waals surface area contributed by atoms with E-state index < -0.39 is 60.1 Å². The summed E-state index contributed by atoms with van der Waals surface area (Å²) in [4.78, 5) is 85.0. The van der Waals surface area contributed by atoms with Crippen molar-refractivity contribution < 1.29 is 46.6 Å². The van der Waals surface area contributed by atoms with Gasteiger partial charge in [-0.2, -0.15) is 13.2 Å². The second-order valence-corrected chi connectivity index (χ2v) is 24.1. The lowest BCUT2D eigenvalue weighted by molar-refractivity contribution is -0.155. The number of likely N-dealkylation sites (tertiary alicyclic amines) is 2. The molecule has 9 rings (SSSR count). The Kier molecular flexibility index (Phi) is 17.1. The van der Waals surface area contributed by atoms with Gasteiger partial charge in [0.1, 0.15) is 24.7 Å². The highest BCUT2D eigenvalue weighted by atomic mass is 19.4. The first kappa shape index (κ1) is 58.2. The van der Waals surface area contributed by atoms with Crippen LogP contribution in [0.15, 0.2) is 67.4 Å². The molecule has 5 amide bonds. The Bertz CT molecular complexity index is 2980. The number of carbonyl (C=O) groups is 5. The van der Waals surface area contributed by atoms with Gasteiger partial charge >= 0.3 is 18.2 Å². The Hall–Kier alpha value is -6.51. The lowest BCUT2D eigenvalue weighted by atomic mass is 9.78. The molecule has 2 aromatic heterocycles. The van der Waals surface area contributed by atoms with Crippen molar-refractivity contribution in [3.63, 3.8) is 0 Å². The van der Waals surface area contributed by atoms with E-state index in [0.717, 1.165) is 43.6 Å². The molecule has 432 valence electrons. The van der Waals surface area contributed by atoms with E-state index in [1.807, 2.05) is 75.9 Å². The summed E-state index contributed by atoms with van der Waals surface area (Å²) in [5.41, 5.74) is 7.50. The molecular formula is C60H79F3N10O7. The minimum atomic E-state index is -4.62. The van der Waals surface area contributed by atoms with Gasteiger partial charge in [-0.05, 0) is 110 Å². The maximum absolute atomic E-state index is 15.1. The summed E-state index contributed by atoms with van der Waals surface area (Å²) in [5, 5.41) is 5.02. The molecule has 2 aromatic carbocycles. The van der Waals surface area contributed by atoms with Crippen LogP contribution in [0.5, 0.6) is 0 Å². The lowest BCUT2D eigenvalue weighted by Crippen LogP contribution is -2.62. The van der Waals surface area contributed by atoms with Crippen LogP contribution in [0.2, 0.25) is 0 Å². The number of esters is 1. The number of amides is 5. The number of likely N-dealkylation sites (N-methyl/N-ethyl adjacent to an activating group) is 2. The number of carbonyl (C=O) groups excluding carboxylic acids is 5. The average Bonchev–Trinajstić information content (AvgIpc) is 4.03. The number of ether oxygens (including phenoxy) is 2. The molecule has 6 bridgehead atoms. The number of methoxy groups -OCH3 is 1. The van der Waals surface area contributed by atoms with Crippen molar-refractivity contribution in [2.45, 2.75) is 117 Å². The number of pyridine rings is 1. The van der Waals surface area contributed by atoms with Gasteiger partial charge in [0, 0.05) is 101 Å². The van der Waals surface area contributed by atoms with E-state index in [-0.39, 0.29) is 49.3 Å². The molecule has 4 atom stereocenters. The first-order valence-electron chi connectivity index (χ1n) is 28.2. The van der Waals surface area contributed by atoms with Gasteiger partial charge in [0.25, 0.3) is 5.91 Å². The number of nitrogens with one attached hydrogen (secondary N) is 2. The van der Waals surface area contributed by atoms with Gasteiger partial charge in [0.2, 0.25) is 11.8 Å². The van der Waals surface area contributed by atoms with Crippen molar-refractivity contribution >= 4 is 46.3 Å². The molecular weight excluding hydrogens is 1030 g/mol. The number of hydrogen-bond acceptors (Lipinski definition) is 11. The standard InChI is InChI=1S/C60H79F3N10O7/c1-10-50(74)71-24-20-59(35-71)18-22-70(23-19-59)57(78)68(8)52(38(2)3)54(75)65-48-30-40-13-11-14-41(29-40)42-16-17-49-44(31-42)46(33-58(5,6)37-80-56(77)47-15-12-21-73(66-47)55(48)76)53(72(49)36-60(61,62)63)45-32-43(34-64-51(45)39(4)79-9)69-27-25-67(7)26-28-69/h10-11,13-14,16-17,29,31-32,34,38-39,47-48,52,66H,1,12,15,18-28,30,33,35-37H2,2-9H3,(H,65,75)/t39-,47-,48-,52-/m0/s1. The number of fused-ring (bicyclic) bond motifs is 6. The van der Waals surface area contributed by atoms with Crippen LogP contribution in [0.25, 0.3) is 33.3 Å². The van der Waals surface area contributed by atoms with Crippen molar-refractivity contribution in [2.24, 2.45) is 16.7 Å². The van der Waals surface area contributed by atoms with E-state index in [1.165, 1.54) is 20.6 Å². The fourth-order valence-electron chi connectivity index (χ4n) is 12.6. The number of aromatic nitrogens is 2. The highest BCUT2D eigenvalue weighted by Crippen LogP contribution is 2.45. The van der Waals surface area contributed by atoms with Gasteiger partial charge in [-0.25, -0.2) is 10.2 Å². The molecule has 5 aliphatic heterocycles. The molecule has 4 saturated heterocycles. The summed E-state index contributed by atoms with van der Waals surface area (Å²) in [5.74, 6) is -2.04. The lowest BCUT2D eigenvalue weighted by Gasteiger charge is -2.42. The molecule has 7 heterocycles. The van der Waals surface area contributed by atoms with Crippen LogP contribution in [0.3, 0.4) is 0 Å². The monoisotopic (exact) mass is 1110 g/mol. The highest BCUT2D eigenvalue weighted by Gasteiger charge is 2.45. The number of rotatable bonds is 10. The SMILES string of the molecule is C=CC(=O)N1CCC2(CCN(C(=O)N(C)[C@H](C(=O)N[C@H]3Cc4cccc(c4)-c4ccc5c(c4)c(c(-c4cc(N6CCN(C)CC6)cnc4[C@H](C)OC)n5CC(F)(F)F)CC(C)(C)COC(=O)[C@@H]4CCCN(N4)C3=O)C(C)C)CC2)C1. The topological polar surface area (TPSA) is 165 Å². The third-order valence-corrected chi connectivity index (χ3v) is 17.2. The number of nitrogens with zero attached hydrogens (tertiary/aromatic N) is 8. The number of alkyl halides is 3. The molecule has 0 unspecified atom stereocenters. The summed E-state index contributed by atoms with van der Waals surface area (Å²) < 4.78 is 58.7. The van der Waals surface area contributed by atoms with E-state index >= 15 is 13.2 Å². The number of hydrogen-bond donors (Lipinski definition) is 2. The number of hydrazine groups is 1. The van der Waals surface area contributed by atoms with Crippen molar-refractivity contribution in [2.75, 3.05) is 91.6 Å². The number of anilines is 1. The van der Waals surface area contributed by atoms with Gasteiger partial charge in [-0.1, -0.05) is 64.6 Å². The molecule has 20 heteroatoms. The molecule has 4 aromatic rings. The maximum Gasteiger partial charge on any atom is 0.406 e. The molecule has 2 N–H and O–H groups in total. The predicted octanol–water partition coefficient (Wildman–Crippen LogP) is 7.62. The summed E-state index contributed by atoms with van der Waals surface area (Å²) in [7, 11) is 5.22. The molecule has 4 fully saturated rings. The Morgan fingerprint density at radius 3 is 2.34 bits per heavy atom. The van der Waals surface area contributed by atoms with E-state index in [0.29, 0.717) is 96.7 Å². The molecule has 5 aliphatic rings. The zero-order valence-corrected chi connectivity index (χ0v) is 47.7. The number of cyclic esters (lactones) is 1. The van der Waals surface area contributed by atoms with Crippen LogP contribution >= 0.6 is 0 Å². The summed E-state index contributed by atoms with van der Waals surface area (Å²) in [6, 6.07) is 11.6. The smallest absolute Gasteiger partial charge is 0.406 e. The zero-order valence-electron chi connectivity index (χ0n) is 47.7. The number of piperazine rings is 1. The van der Waals surface area contributed by atoms with Crippen LogP contribution in [0, 0.1) is 16.7 Å². The second-order valence-electron chi connectivity index (χ2n) is 24.1. The minimum absolute atomic E-state index is 0.0265. The molecule has 1 spiro atoms. The van der Waals surface area contributed by atoms with E-state index in [4.69, 9.17) is 14.5 Å². The summed E-state index contributed by atoms with van der Waals surface area (Å²) >= 11 is 0. The quantitative estimate of drug-likeness (QED) is 0.119. The van der Waals surface area contributed by atoms with Gasteiger partial charge in [-0.15, -0.1) is 0 Å². The van der Waals surface area contributed by atoms with E-state index in [1.54, 1.807) is 37.4 Å². The minimum Gasteiger partial charge on any atom is -0.464 e. The van der Waals surface area contributed by atoms with Crippen LogP contribution in [0.1, 0.15) is 89.6 Å². The molecule has 17 nitrogen and oxygen atoms in total. The first-order valence-corrected chi connectivity index (χ1v) is 28.2. The Labute approximate surface area is 467 Å². The number of urea groups is 1. The van der Waals surface area contributed by atoms with Crippen LogP contribution in [-0.4, -0.2) is 175 Å². The Morgan fingerprint density at radius 1 is 0.963 bits per heavy atom. The molecule has 0 radical (unpaired) electrons. The second kappa shape index (κ2) is 23.5. The summed E-state index contributed by atoms with van der Waals surface area (Å²) in [6.45, 7) is 17.1. The van der Waals surface area contributed by atoms with Crippen molar-refractivity contribution in [3.8, 4) is 22.4 Å². The third kappa shape index (κ3) is 12.5. The van der Waals surface area contributed by atoms with Gasteiger partial charge < -0.3 is 43.9 Å². The fourth-order valence-corrected chi connectivity index (χ4v) is 12.6. The van der Waals surface area contributed by atoms with Gasteiger partial charge in [0.15, 0.2) is 0 Å². The maximum atomic E-state index is 15.1. The van der Waals surface area contributed by atoms with Crippen molar-refractivity contribution in [1.82, 2.24) is 44.9 Å². The van der Waals surface area contributed by atoms with E-state index in [2.05, 4.69) is 34.2 Å². The average molecular weight is 1110 g/mol. The van der Waals surface area contributed by atoms with Crippen LogP contribution < -0.4 is 15.6 Å². The Morgan fingerprint density at radius 2 is 1.66 bits per heavy atom. The van der Waals surface area contributed by atoms with Gasteiger partial charge in [0.05, 0.1) is 36.0 Å². The molecule has 80 heavy (non-hydrogen) atoms. The van der Waals surface area contributed by atoms with Crippen LogP contribution in [0.4, 0.5) is 23.7 Å². The first-order chi connectivity index (χ1) is 38.0. The predicted molar refractivity (Wildman–Crippen MR) is 300 cm³/mol. The highest BCUT2D eigenvalue weighted by molar-refractivity contribution is 5.96. The van der Waals surface area contributed by atoms with Crippen molar-refractivity contribution in [1.29, 1.82) is 0 Å². The van der Waals surface area contributed by atoms with Crippen LogP contribution in [-0.2, 0) is 48.0 Å². The van der Waals surface area contributed by atoms with Gasteiger partial charge in [-0.3, -0.25) is 29.2 Å². The molecule has 0 saturated carbocycles. The molecule has 0 aliphatic carbocycles. The van der Waals surface area contributed by atoms with Crippen molar-refractivity contribution in [3.05, 3.63) is 84.2 Å². The number of benzene rings is 2. The Balaban J connectivity index is 1.09. The largest absolute Gasteiger partial charge is 0.464 e. The fraction of sp³-hybridized carbons (Fsp3) is 0.567. The third-order valence-electron chi connectivity index (χ3n) is 17.2. The zero-order chi connectivity index (χ0) is 57.4. The number of halogens is 3. The number of piperidine rings is 1. The normalized spacial score (nSPS) is 21.8. The summed E-state index contributed by atoms with van der Waals surface area (Å²) in [6.07, 6.45) is 1.25. The van der Waals surface area contributed by atoms with E-state index in [9.17, 15) is 24.0 Å².